The average Bonchev–Trinajstić information content (AvgIpc) is 2.83. The molecule has 3 rings (SSSR count). The molecule has 3 aromatic rings. The number of amides is 1. The van der Waals surface area contributed by atoms with Crippen LogP contribution in [0.4, 0.5) is 0 Å². The number of nitrogens with zero attached hydrogens (tertiary/aromatic N) is 1. The smallest absolute Gasteiger partial charge is 0.262 e. The summed E-state index contributed by atoms with van der Waals surface area (Å²) in [5.41, 5.74) is 2.70. The molecule has 7 heteroatoms. The molecule has 0 aliphatic heterocycles. The quantitative estimate of drug-likeness (QED) is 0.160. The minimum absolute atomic E-state index is 0.0181. The van der Waals surface area contributed by atoms with E-state index in [0.29, 0.717) is 30.3 Å². The first-order chi connectivity index (χ1) is 16.4. The molecule has 3 aromatic carbocycles. The molecule has 0 saturated carbocycles. The molecule has 0 aliphatic carbocycles. The predicted molar refractivity (Wildman–Crippen MR) is 145 cm³/mol. The van der Waals surface area contributed by atoms with E-state index < -0.39 is 5.91 Å². The number of carbonyl (C=O) groups excluding carboxylic acids is 1. The Morgan fingerprint density at radius 2 is 1.85 bits per heavy atom. The molecular weight excluding hydrogens is 607 g/mol. The molecular formula is C27H24BrIN2O3. The van der Waals surface area contributed by atoms with Crippen LogP contribution in [0.2, 0.25) is 0 Å². The van der Waals surface area contributed by atoms with Crippen LogP contribution in [-0.2, 0) is 11.4 Å². The molecule has 0 heterocycles. The highest BCUT2D eigenvalue weighted by atomic mass is 127. The van der Waals surface area contributed by atoms with E-state index in [9.17, 15) is 10.1 Å². The van der Waals surface area contributed by atoms with Gasteiger partial charge in [-0.05, 0) is 83.5 Å². The molecule has 1 N–H and O–H groups in total. The second-order valence-corrected chi connectivity index (χ2v) is 9.53. The first kappa shape index (κ1) is 25.8. The van der Waals surface area contributed by atoms with E-state index in [0.717, 1.165) is 19.2 Å². The Kier molecular flexibility index (Phi) is 9.54. The molecule has 5 nitrogen and oxygen atoms in total. The second-order valence-electron chi connectivity index (χ2n) is 7.45. The van der Waals surface area contributed by atoms with Crippen LogP contribution in [0.25, 0.3) is 6.08 Å². The first-order valence-corrected chi connectivity index (χ1v) is 12.6. The molecule has 0 saturated heterocycles. The van der Waals surface area contributed by atoms with Crippen molar-refractivity contribution in [3.05, 3.63) is 97.0 Å². The lowest BCUT2D eigenvalue weighted by molar-refractivity contribution is -0.117. The van der Waals surface area contributed by atoms with E-state index in [2.05, 4.69) is 43.8 Å². The van der Waals surface area contributed by atoms with Gasteiger partial charge in [0.25, 0.3) is 5.91 Å². The Labute approximate surface area is 222 Å². The van der Waals surface area contributed by atoms with E-state index in [4.69, 9.17) is 9.47 Å². The maximum atomic E-state index is 12.7. The van der Waals surface area contributed by atoms with E-state index in [1.165, 1.54) is 0 Å². The lowest BCUT2D eigenvalue weighted by Gasteiger charge is -2.16. The molecule has 0 aliphatic rings. The van der Waals surface area contributed by atoms with Gasteiger partial charge in [-0.1, -0.05) is 58.4 Å². The summed E-state index contributed by atoms with van der Waals surface area (Å²) < 4.78 is 13.7. The number of nitrogens with one attached hydrogen (secondary N) is 1. The number of rotatable bonds is 9. The van der Waals surface area contributed by atoms with Crippen molar-refractivity contribution in [3.63, 3.8) is 0 Å². The van der Waals surface area contributed by atoms with Crippen molar-refractivity contribution in [2.24, 2.45) is 0 Å². The highest BCUT2D eigenvalue weighted by Gasteiger charge is 2.16. The Morgan fingerprint density at radius 3 is 2.50 bits per heavy atom. The molecule has 0 radical (unpaired) electrons. The van der Waals surface area contributed by atoms with Crippen LogP contribution in [0, 0.1) is 14.9 Å². The minimum atomic E-state index is -0.428. The third kappa shape index (κ3) is 7.08. The maximum absolute atomic E-state index is 12.7. The molecule has 174 valence electrons. The summed E-state index contributed by atoms with van der Waals surface area (Å²) in [4.78, 5) is 12.7. The van der Waals surface area contributed by atoms with Crippen LogP contribution in [0.5, 0.6) is 11.5 Å². The molecule has 0 unspecified atom stereocenters. The number of carbonyl (C=O) groups is 1. The molecule has 1 amide bonds. The van der Waals surface area contributed by atoms with E-state index in [1.54, 1.807) is 12.1 Å². The number of benzene rings is 3. The summed E-state index contributed by atoms with van der Waals surface area (Å²) in [5, 5.41) is 12.5. The van der Waals surface area contributed by atoms with Gasteiger partial charge in [-0.15, -0.1) is 0 Å². The maximum Gasteiger partial charge on any atom is 0.262 e. The fraction of sp³-hybridized carbons (Fsp3) is 0.185. The fourth-order valence-electron chi connectivity index (χ4n) is 3.23. The lowest BCUT2D eigenvalue weighted by atomic mass is 10.1. The van der Waals surface area contributed by atoms with Gasteiger partial charge in [-0.2, -0.15) is 5.26 Å². The Morgan fingerprint density at radius 1 is 1.15 bits per heavy atom. The Balaban J connectivity index is 1.81. The zero-order chi connectivity index (χ0) is 24.5. The van der Waals surface area contributed by atoms with Gasteiger partial charge < -0.3 is 14.8 Å². The molecule has 1 atom stereocenters. The highest BCUT2D eigenvalue weighted by molar-refractivity contribution is 14.1. The molecule has 34 heavy (non-hydrogen) atoms. The fourth-order valence-corrected chi connectivity index (χ4v) is 4.27. The van der Waals surface area contributed by atoms with Crippen LogP contribution in [0.1, 0.15) is 36.6 Å². The lowest BCUT2D eigenvalue weighted by Crippen LogP contribution is -2.27. The standard InChI is InChI=1S/C27H24BrIN2O3/c1-3-33-25-15-20(14-24(29)26(25)34-17-19-9-11-23(28)12-10-19)13-22(16-30)27(32)31-18(2)21-7-5-4-6-8-21/h4-15,18H,3,17H2,1-2H3,(H,31,32)/b22-13+/t18-/m0/s1. The number of hydrogen-bond acceptors (Lipinski definition) is 4. The second kappa shape index (κ2) is 12.6. The number of ether oxygens (including phenoxy) is 2. The average molecular weight is 631 g/mol. The third-order valence-corrected chi connectivity index (χ3v) is 6.28. The SMILES string of the molecule is CCOc1cc(/C=C(\C#N)C(=O)N[C@@H](C)c2ccccc2)cc(I)c1OCc1ccc(Br)cc1. The van der Waals surface area contributed by atoms with Crippen molar-refractivity contribution in [2.45, 2.75) is 26.5 Å². The molecule has 0 aromatic heterocycles. The topological polar surface area (TPSA) is 71.3 Å². The van der Waals surface area contributed by atoms with E-state index in [-0.39, 0.29) is 11.6 Å². The van der Waals surface area contributed by atoms with Crippen molar-refractivity contribution in [1.82, 2.24) is 5.32 Å². The number of hydrogen-bond donors (Lipinski definition) is 1. The van der Waals surface area contributed by atoms with Gasteiger partial charge in [0.05, 0.1) is 16.2 Å². The number of halogens is 2. The highest BCUT2D eigenvalue weighted by Crippen LogP contribution is 2.35. The van der Waals surface area contributed by atoms with Gasteiger partial charge in [0, 0.05) is 4.47 Å². The normalized spacial score (nSPS) is 11.9. The Bertz CT molecular complexity index is 1210. The van der Waals surface area contributed by atoms with Crippen LogP contribution in [-0.4, -0.2) is 12.5 Å². The van der Waals surface area contributed by atoms with E-state index >= 15 is 0 Å². The third-order valence-electron chi connectivity index (χ3n) is 4.95. The van der Waals surface area contributed by atoms with Crippen molar-refractivity contribution in [3.8, 4) is 17.6 Å². The predicted octanol–water partition coefficient (Wildman–Crippen LogP) is 6.82. The summed E-state index contributed by atoms with van der Waals surface area (Å²) in [7, 11) is 0. The van der Waals surface area contributed by atoms with Gasteiger partial charge in [0.15, 0.2) is 11.5 Å². The first-order valence-electron chi connectivity index (χ1n) is 10.7. The van der Waals surface area contributed by atoms with E-state index in [1.807, 2.05) is 80.6 Å². The summed E-state index contributed by atoms with van der Waals surface area (Å²) in [6.07, 6.45) is 1.57. The molecule has 0 fully saturated rings. The summed E-state index contributed by atoms with van der Waals surface area (Å²) in [6, 6.07) is 23.0. The monoisotopic (exact) mass is 630 g/mol. The van der Waals surface area contributed by atoms with Crippen LogP contribution < -0.4 is 14.8 Å². The zero-order valence-electron chi connectivity index (χ0n) is 18.8. The summed E-state index contributed by atoms with van der Waals surface area (Å²) in [6.45, 7) is 4.63. The van der Waals surface area contributed by atoms with Crippen LogP contribution in [0.15, 0.2) is 76.8 Å². The van der Waals surface area contributed by atoms with Crippen molar-refractivity contribution < 1.29 is 14.3 Å². The van der Waals surface area contributed by atoms with Crippen molar-refractivity contribution in [2.75, 3.05) is 6.61 Å². The van der Waals surface area contributed by atoms with Crippen LogP contribution in [0.3, 0.4) is 0 Å². The van der Waals surface area contributed by atoms with Gasteiger partial charge in [0.2, 0.25) is 0 Å². The Hall–Kier alpha value is -2.83. The van der Waals surface area contributed by atoms with Crippen molar-refractivity contribution >= 4 is 50.5 Å². The van der Waals surface area contributed by atoms with Gasteiger partial charge in [-0.25, -0.2) is 0 Å². The molecule has 0 bridgehead atoms. The van der Waals surface area contributed by atoms with Gasteiger partial charge in [-0.3, -0.25) is 4.79 Å². The molecule has 0 spiro atoms. The largest absolute Gasteiger partial charge is 0.490 e. The van der Waals surface area contributed by atoms with Gasteiger partial charge >= 0.3 is 0 Å². The van der Waals surface area contributed by atoms with Crippen LogP contribution >= 0.6 is 38.5 Å². The number of nitriles is 1. The minimum Gasteiger partial charge on any atom is -0.490 e. The van der Waals surface area contributed by atoms with Crippen molar-refractivity contribution in [1.29, 1.82) is 5.26 Å². The summed E-state index contributed by atoms with van der Waals surface area (Å²) in [5.74, 6) is 0.763. The van der Waals surface area contributed by atoms with Gasteiger partial charge in [0.1, 0.15) is 18.2 Å². The zero-order valence-corrected chi connectivity index (χ0v) is 22.6. The summed E-state index contributed by atoms with van der Waals surface area (Å²) >= 11 is 5.61.